The number of methoxy groups -OCH3 is 1. The van der Waals surface area contributed by atoms with Crippen LogP contribution >= 0.6 is 0 Å². The summed E-state index contributed by atoms with van der Waals surface area (Å²) in [6.07, 6.45) is 3.82. The summed E-state index contributed by atoms with van der Waals surface area (Å²) in [6.45, 7) is 0.308. The van der Waals surface area contributed by atoms with Gasteiger partial charge in [-0.05, 0) is 18.2 Å². The Morgan fingerprint density at radius 1 is 1.41 bits per heavy atom. The lowest BCUT2D eigenvalue weighted by Crippen LogP contribution is -1.97. The Balaban J connectivity index is 2.15. The SMILES string of the molecule is COc1ccc(C=O)cc1OCc1cnoc1. The van der Waals surface area contributed by atoms with E-state index in [1.54, 1.807) is 31.5 Å². The number of ether oxygens (including phenoxy) is 2. The van der Waals surface area contributed by atoms with Crippen molar-refractivity contribution in [1.29, 1.82) is 0 Å². The van der Waals surface area contributed by atoms with E-state index in [1.165, 1.54) is 6.26 Å². The van der Waals surface area contributed by atoms with Crippen LogP contribution in [0.25, 0.3) is 0 Å². The molecule has 0 aliphatic rings. The fourth-order valence-electron chi connectivity index (χ4n) is 1.34. The Labute approximate surface area is 97.9 Å². The van der Waals surface area contributed by atoms with Gasteiger partial charge in [0.1, 0.15) is 19.2 Å². The molecule has 88 valence electrons. The van der Waals surface area contributed by atoms with Gasteiger partial charge in [-0.3, -0.25) is 4.79 Å². The van der Waals surface area contributed by atoms with Crippen LogP contribution < -0.4 is 9.47 Å². The minimum Gasteiger partial charge on any atom is -0.493 e. The summed E-state index contributed by atoms with van der Waals surface area (Å²) in [6, 6.07) is 4.98. The average molecular weight is 233 g/mol. The number of benzene rings is 1. The number of carbonyl (C=O) groups is 1. The maximum Gasteiger partial charge on any atom is 0.162 e. The van der Waals surface area contributed by atoms with Crippen molar-refractivity contribution in [3.05, 3.63) is 41.8 Å². The Bertz CT molecular complexity index is 493. The van der Waals surface area contributed by atoms with E-state index in [9.17, 15) is 4.79 Å². The molecule has 0 aliphatic carbocycles. The van der Waals surface area contributed by atoms with Crippen LogP contribution in [0.1, 0.15) is 15.9 Å². The molecule has 1 heterocycles. The summed E-state index contributed by atoms with van der Waals surface area (Å²) in [5, 5.41) is 3.57. The highest BCUT2D eigenvalue weighted by Crippen LogP contribution is 2.28. The van der Waals surface area contributed by atoms with Crippen LogP contribution in [0.15, 0.2) is 35.2 Å². The van der Waals surface area contributed by atoms with Gasteiger partial charge in [0, 0.05) is 11.1 Å². The summed E-state index contributed by atoms with van der Waals surface area (Å²) in [7, 11) is 1.54. The number of carbonyl (C=O) groups excluding carboxylic acids is 1. The molecule has 0 aliphatic heterocycles. The molecule has 0 saturated heterocycles. The highest BCUT2D eigenvalue weighted by Gasteiger charge is 2.06. The van der Waals surface area contributed by atoms with Crippen molar-refractivity contribution in [2.45, 2.75) is 6.61 Å². The van der Waals surface area contributed by atoms with E-state index in [0.717, 1.165) is 11.8 Å². The number of rotatable bonds is 5. The number of hydrogen-bond donors (Lipinski definition) is 0. The van der Waals surface area contributed by atoms with Crippen molar-refractivity contribution in [2.24, 2.45) is 0 Å². The lowest BCUT2D eigenvalue weighted by Gasteiger charge is -2.09. The molecule has 0 saturated carbocycles. The van der Waals surface area contributed by atoms with E-state index < -0.39 is 0 Å². The molecule has 17 heavy (non-hydrogen) atoms. The Hall–Kier alpha value is -2.30. The van der Waals surface area contributed by atoms with Crippen LogP contribution in [0.3, 0.4) is 0 Å². The molecule has 0 unspecified atom stereocenters. The van der Waals surface area contributed by atoms with E-state index in [0.29, 0.717) is 23.7 Å². The van der Waals surface area contributed by atoms with Gasteiger partial charge in [0.25, 0.3) is 0 Å². The van der Waals surface area contributed by atoms with Crippen molar-refractivity contribution in [2.75, 3.05) is 7.11 Å². The van der Waals surface area contributed by atoms with Gasteiger partial charge in [-0.15, -0.1) is 0 Å². The van der Waals surface area contributed by atoms with Crippen molar-refractivity contribution in [3.63, 3.8) is 0 Å². The second-order valence-corrected chi connectivity index (χ2v) is 3.35. The van der Waals surface area contributed by atoms with E-state index in [-0.39, 0.29) is 0 Å². The first kappa shape index (κ1) is 11.2. The predicted molar refractivity (Wildman–Crippen MR) is 59.2 cm³/mol. The molecule has 0 spiro atoms. The predicted octanol–water partition coefficient (Wildman–Crippen LogP) is 2.07. The molecule has 1 aromatic carbocycles. The lowest BCUT2D eigenvalue weighted by molar-refractivity contribution is 0.112. The third-order valence-electron chi connectivity index (χ3n) is 2.20. The first-order valence-corrected chi connectivity index (χ1v) is 4.97. The molecule has 5 nitrogen and oxygen atoms in total. The maximum absolute atomic E-state index is 10.7. The largest absolute Gasteiger partial charge is 0.493 e. The maximum atomic E-state index is 10.7. The van der Waals surface area contributed by atoms with Gasteiger partial charge in [-0.2, -0.15) is 0 Å². The van der Waals surface area contributed by atoms with Crippen LogP contribution in [0, 0.1) is 0 Å². The van der Waals surface area contributed by atoms with Crippen molar-refractivity contribution >= 4 is 6.29 Å². The van der Waals surface area contributed by atoms with Gasteiger partial charge in [-0.1, -0.05) is 5.16 Å². The molecule has 0 fully saturated rings. The summed E-state index contributed by atoms with van der Waals surface area (Å²) in [5.74, 6) is 1.09. The molecule has 5 heteroatoms. The summed E-state index contributed by atoms with van der Waals surface area (Å²) in [5.41, 5.74) is 1.34. The Morgan fingerprint density at radius 2 is 2.29 bits per heavy atom. The van der Waals surface area contributed by atoms with Crippen LogP contribution in [0.4, 0.5) is 0 Å². The highest BCUT2D eigenvalue weighted by molar-refractivity contribution is 5.76. The van der Waals surface area contributed by atoms with Crippen LogP contribution in [0.5, 0.6) is 11.5 Å². The second kappa shape index (κ2) is 5.16. The zero-order chi connectivity index (χ0) is 12.1. The third kappa shape index (κ3) is 2.63. The zero-order valence-electron chi connectivity index (χ0n) is 9.25. The standard InChI is InChI=1S/C12H11NO4/c1-15-11-3-2-9(6-14)4-12(11)16-7-10-5-13-17-8-10/h2-6,8H,7H2,1H3. The minimum atomic E-state index is 0.308. The molecule has 0 bridgehead atoms. The van der Waals surface area contributed by atoms with E-state index in [2.05, 4.69) is 9.68 Å². The molecule has 0 radical (unpaired) electrons. The average Bonchev–Trinajstić information content (AvgIpc) is 2.89. The quantitative estimate of drug-likeness (QED) is 0.740. The first-order chi connectivity index (χ1) is 8.33. The Kier molecular flexibility index (Phi) is 3.40. The number of aromatic nitrogens is 1. The van der Waals surface area contributed by atoms with E-state index in [4.69, 9.17) is 9.47 Å². The lowest BCUT2D eigenvalue weighted by atomic mass is 10.2. The third-order valence-corrected chi connectivity index (χ3v) is 2.20. The first-order valence-electron chi connectivity index (χ1n) is 4.97. The molecule has 2 rings (SSSR count). The number of aldehydes is 1. The molecule has 0 atom stereocenters. The fraction of sp³-hybridized carbons (Fsp3) is 0.167. The second-order valence-electron chi connectivity index (χ2n) is 3.35. The van der Waals surface area contributed by atoms with Crippen LogP contribution in [-0.2, 0) is 6.61 Å². The van der Waals surface area contributed by atoms with Gasteiger partial charge in [-0.25, -0.2) is 0 Å². The summed E-state index contributed by atoms with van der Waals surface area (Å²) >= 11 is 0. The smallest absolute Gasteiger partial charge is 0.162 e. The van der Waals surface area contributed by atoms with E-state index in [1.807, 2.05) is 0 Å². The van der Waals surface area contributed by atoms with Gasteiger partial charge >= 0.3 is 0 Å². The highest BCUT2D eigenvalue weighted by atomic mass is 16.5. The summed E-state index contributed by atoms with van der Waals surface area (Å²) in [4.78, 5) is 10.7. The fourth-order valence-corrected chi connectivity index (χ4v) is 1.34. The van der Waals surface area contributed by atoms with Crippen molar-refractivity contribution in [3.8, 4) is 11.5 Å². The van der Waals surface area contributed by atoms with Gasteiger partial charge in [0.15, 0.2) is 11.5 Å². The number of nitrogens with zero attached hydrogens (tertiary/aromatic N) is 1. The van der Waals surface area contributed by atoms with Crippen molar-refractivity contribution < 1.29 is 18.8 Å². The monoisotopic (exact) mass is 233 g/mol. The molecule has 2 aromatic rings. The van der Waals surface area contributed by atoms with E-state index >= 15 is 0 Å². The molecular weight excluding hydrogens is 222 g/mol. The topological polar surface area (TPSA) is 61.6 Å². The van der Waals surface area contributed by atoms with Crippen LogP contribution in [0.2, 0.25) is 0 Å². The number of hydrogen-bond acceptors (Lipinski definition) is 5. The zero-order valence-corrected chi connectivity index (χ0v) is 9.25. The van der Waals surface area contributed by atoms with Gasteiger partial charge in [0.05, 0.1) is 13.3 Å². The van der Waals surface area contributed by atoms with Gasteiger partial charge < -0.3 is 14.0 Å². The minimum absolute atomic E-state index is 0.308. The van der Waals surface area contributed by atoms with Gasteiger partial charge in [0.2, 0.25) is 0 Å². The molecule has 0 N–H and O–H groups in total. The molecule has 1 aromatic heterocycles. The molecule has 0 amide bonds. The molecular formula is C12H11NO4. The normalized spacial score (nSPS) is 9.94. The Morgan fingerprint density at radius 3 is 2.94 bits per heavy atom. The van der Waals surface area contributed by atoms with Crippen molar-refractivity contribution in [1.82, 2.24) is 5.16 Å². The van der Waals surface area contributed by atoms with Crippen LogP contribution in [-0.4, -0.2) is 18.6 Å². The summed E-state index contributed by atoms with van der Waals surface area (Å²) < 4.78 is 15.4.